The zero-order chi connectivity index (χ0) is 13.9. The van der Waals surface area contributed by atoms with Crippen molar-refractivity contribution in [3.8, 4) is 11.3 Å². The van der Waals surface area contributed by atoms with E-state index in [2.05, 4.69) is 21.0 Å². The van der Waals surface area contributed by atoms with Crippen molar-refractivity contribution in [2.75, 3.05) is 0 Å². The number of rotatable bonds is 3. The van der Waals surface area contributed by atoms with Gasteiger partial charge in [0.25, 0.3) is 0 Å². The van der Waals surface area contributed by atoms with Gasteiger partial charge < -0.3 is 9.67 Å². The highest BCUT2D eigenvalue weighted by atomic mass is 32.1. The van der Waals surface area contributed by atoms with Gasteiger partial charge in [0.05, 0.1) is 30.4 Å². The van der Waals surface area contributed by atoms with Gasteiger partial charge in [0, 0.05) is 10.4 Å². The van der Waals surface area contributed by atoms with Crippen LogP contribution >= 0.6 is 11.3 Å². The summed E-state index contributed by atoms with van der Waals surface area (Å²) in [6, 6.07) is 2.27. The molecule has 1 aliphatic carbocycles. The van der Waals surface area contributed by atoms with Gasteiger partial charge in [-0.25, -0.2) is 9.37 Å². The van der Waals surface area contributed by atoms with Gasteiger partial charge in [-0.05, 0) is 43.6 Å². The SMILES string of the molecule is CC1(F)CC([C@@H](O)C[C@@H]2c3sccc3-c3cncn32)C1. The van der Waals surface area contributed by atoms with Gasteiger partial charge in [0.1, 0.15) is 5.67 Å². The Labute approximate surface area is 121 Å². The second-order valence-corrected chi connectivity index (χ2v) is 7.23. The van der Waals surface area contributed by atoms with E-state index in [1.165, 1.54) is 10.4 Å². The molecule has 1 N–H and O–H groups in total. The van der Waals surface area contributed by atoms with Crippen LogP contribution in [0, 0.1) is 5.92 Å². The molecule has 3 heterocycles. The van der Waals surface area contributed by atoms with Crippen molar-refractivity contribution in [3.05, 3.63) is 28.8 Å². The van der Waals surface area contributed by atoms with Gasteiger partial charge in [-0.15, -0.1) is 11.3 Å². The Balaban J connectivity index is 1.56. The minimum Gasteiger partial charge on any atom is -0.393 e. The summed E-state index contributed by atoms with van der Waals surface area (Å²) in [7, 11) is 0. The number of aliphatic hydroxyl groups is 1. The van der Waals surface area contributed by atoms with Crippen LogP contribution in [0.15, 0.2) is 24.0 Å². The van der Waals surface area contributed by atoms with Gasteiger partial charge in [-0.3, -0.25) is 0 Å². The molecule has 1 aliphatic heterocycles. The van der Waals surface area contributed by atoms with E-state index < -0.39 is 11.8 Å². The highest BCUT2D eigenvalue weighted by molar-refractivity contribution is 7.10. The summed E-state index contributed by atoms with van der Waals surface area (Å²) in [6.07, 6.45) is 4.88. The molecule has 3 nitrogen and oxygen atoms in total. The molecule has 0 spiro atoms. The van der Waals surface area contributed by atoms with Crippen LogP contribution in [0.25, 0.3) is 11.3 Å². The minimum atomic E-state index is -1.07. The number of hydrogen-bond acceptors (Lipinski definition) is 3. The number of aromatic nitrogens is 2. The van der Waals surface area contributed by atoms with Crippen molar-refractivity contribution in [2.24, 2.45) is 5.92 Å². The summed E-state index contributed by atoms with van der Waals surface area (Å²) >= 11 is 1.73. The number of imidazole rings is 1. The molecule has 0 saturated heterocycles. The maximum atomic E-state index is 13.6. The second-order valence-electron chi connectivity index (χ2n) is 6.29. The number of hydrogen-bond donors (Lipinski definition) is 1. The minimum absolute atomic E-state index is 0.0981. The predicted molar refractivity (Wildman–Crippen MR) is 76.5 cm³/mol. The molecule has 0 aromatic carbocycles. The van der Waals surface area contributed by atoms with Gasteiger partial charge in [-0.2, -0.15) is 0 Å². The van der Waals surface area contributed by atoms with Gasteiger partial charge in [-0.1, -0.05) is 0 Å². The van der Waals surface area contributed by atoms with Crippen LogP contribution < -0.4 is 0 Å². The van der Waals surface area contributed by atoms with Crippen LogP contribution in [0.4, 0.5) is 4.39 Å². The largest absolute Gasteiger partial charge is 0.393 e. The lowest BCUT2D eigenvalue weighted by Gasteiger charge is -2.41. The molecular formula is C15H17FN2OS. The van der Waals surface area contributed by atoms with E-state index in [4.69, 9.17) is 0 Å². The molecule has 0 unspecified atom stereocenters. The summed E-state index contributed by atoms with van der Waals surface area (Å²) in [4.78, 5) is 5.50. The fraction of sp³-hybridized carbons (Fsp3) is 0.533. The van der Waals surface area contributed by atoms with E-state index in [0.717, 1.165) is 5.69 Å². The topological polar surface area (TPSA) is 38.1 Å². The lowest BCUT2D eigenvalue weighted by Crippen LogP contribution is -2.43. The van der Waals surface area contributed by atoms with E-state index >= 15 is 0 Å². The Morgan fingerprint density at radius 2 is 2.40 bits per heavy atom. The number of nitrogens with zero attached hydrogens (tertiary/aromatic N) is 2. The van der Waals surface area contributed by atoms with Crippen LogP contribution in [0.1, 0.15) is 37.1 Å². The highest BCUT2D eigenvalue weighted by Gasteiger charge is 2.45. The molecule has 2 aromatic rings. The van der Waals surface area contributed by atoms with Gasteiger partial charge >= 0.3 is 0 Å². The number of fused-ring (bicyclic) bond motifs is 3. The number of thiophene rings is 1. The summed E-state index contributed by atoms with van der Waals surface area (Å²) in [5.41, 5.74) is 1.28. The zero-order valence-corrected chi connectivity index (χ0v) is 12.1. The molecule has 5 heteroatoms. The Morgan fingerprint density at radius 3 is 3.15 bits per heavy atom. The second kappa shape index (κ2) is 4.15. The van der Waals surface area contributed by atoms with E-state index in [9.17, 15) is 9.50 Å². The van der Waals surface area contributed by atoms with Crippen LogP contribution in [0.5, 0.6) is 0 Å². The molecule has 0 bridgehead atoms. The van der Waals surface area contributed by atoms with Crippen molar-refractivity contribution in [1.82, 2.24) is 9.55 Å². The normalized spacial score (nSPS) is 32.5. The third-order valence-corrected chi connectivity index (χ3v) is 5.68. The monoisotopic (exact) mass is 292 g/mol. The number of alkyl halides is 1. The summed E-state index contributed by atoms with van der Waals surface area (Å²) < 4.78 is 15.7. The van der Waals surface area contributed by atoms with E-state index in [-0.39, 0.29) is 12.0 Å². The lowest BCUT2D eigenvalue weighted by atomic mass is 9.70. The van der Waals surface area contributed by atoms with Crippen LogP contribution in [-0.2, 0) is 0 Å². The molecule has 2 aliphatic rings. The molecule has 1 fully saturated rings. The Bertz CT molecular complexity index is 600. The average Bonchev–Trinajstić information content (AvgIpc) is 3.02. The Kier molecular flexibility index (Phi) is 2.60. The van der Waals surface area contributed by atoms with Crippen molar-refractivity contribution >= 4 is 11.3 Å². The molecule has 1 saturated carbocycles. The lowest BCUT2D eigenvalue weighted by molar-refractivity contribution is -0.0499. The average molecular weight is 292 g/mol. The summed E-state index contributed by atoms with van der Waals surface area (Å²) in [5, 5.41) is 12.5. The van der Waals surface area contributed by atoms with Crippen molar-refractivity contribution < 1.29 is 9.50 Å². The van der Waals surface area contributed by atoms with Crippen molar-refractivity contribution in [2.45, 2.75) is 44.0 Å². The molecular weight excluding hydrogens is 275 g/mol. The molecule has 4 rings (SSSR count). The van der Waals surface area contributed by atoms with Crippen LogP contribution in [0.3, 0.4) is 0 Å². The first-order valence-corrected chi connectivity index (χ1v) is 7.90. The summed E-state index contributed by atoms with van der Waals surface area (Å²) in [6.45, 7) is 1.62. The van der Waals surface area contributed by atoms with E-state index in [1.54, 1.807) is 18.3 Å². The maximum Gasteiger partial charge on any atom is 0.109 e. The fourth-order valence-electron chi connectivity index (χ4n) is 3.63. The fourth-order valence-corrected chi connectivity index (χ4v) is 4.64. The third-order valence-electron chi connectivity index (χ3n) is 4.66. The zero-order valence-electron chi connectivity index (χ0n) is 11.3. The molecule has 0 radical (unpaired) electrons. The highest BCUT2D eigenvalue weighted by Crippen LogP contribution is 2.48. The Morgan fingerprint density at radius 1 is 1.60 bits per heavy atom. The van der Waals surface area contributed by atoms with Gasteiger partial charge in [0.2, 0.25) is 0 Å². The first kappa shape index (κ1) is 12.5. The van der Waals surface area contributed by atoms with Gasteiger partial charge in [0.15, 0.2) is 0 Å². The number of halogens is 1. The van der Waals surface area contributed by atoms with E-state index in [0.29, 0.717) is 19.3 Å². The quantitative estimate of drug-likeness (QED) is 0.941. The number of aliphatic hydroxyl groups excluding tert-OH is 1. The first-order valence-electron chi connectivity index (χ1n) is 7.02. The Hall–Kier alpha value is -1.20. The standard InChI is InChI=1S/C15H17FN2OS/c1-15(16)5-9(6-15)13(19)4-11-14-10(2-3-20-14)12-7-17-8-18(11)12/h2-3,7-9,11,13,19H,4-6H2,1H3/t9?,11-,13+,15?/m1/s1. The molecule has 2 atom stereocenters. The molecule has 2 aromatic heterocycles. The van der Waals surface area contributed by atoms with Crippen molar-refractivity contribution in [1.29, 1.82) is 0 Å². The first-order chi connectivity index (χ1) is 9.55. The predicted octanol–water partition coefficient (Wildman–Crippen LogP) is 3.40. The van der Waals surface area contributed by atoms with Crippen LogP contribution in [0.2, 0.25) is 0 Å². The van der Waals surface area contributed by atoms with Crippen molar-refractivity contribution in [3.63, 3.8) is 0 Å². The smallest absolute Gasteiger partial charge is 0.109 e. The van der Waals surface area contributed by atoms with Crippen LogP contribution in [-0.4, -0.2) is 26.4 Å². The summed E-state index contributed by atoms with van der Waals surface area (Å²) in [5.74, 6) is 0.0981. The third kappa shape index (κ3) is 1.76. The van der Waals surface area contributed by atoms with E-state index in [1.807, 2.05) is 12.5 Å². The molecule has 20 heavy (non-hydrogen) atoms. The molecule has 106 valence electrons. The maximum absolute atomic E-state index is 13.6. The molecule has 0 amide bonds.